The van der Waals surface area contributed by atoms with Crippen LogP contribution in [0.2, 0.25) is 0 Å². The van der Waals surface area contributed by atoms with Crippen molar-refractivity contribution in [2.24, 2.45) is 5.92 Å². The average Bonchev–Trinajstić information content (AvgIpc) is 2.56. The van der Waals surface area contributed by atoms with Gasteiger partial charge >= 0.3 is 0 Å². The highest BCUT2D eigenvalue weighted by molar-refractivity contribution is 5.80. The molecule has 0 aliphatic heterocycles. The van der Waals surface area contributed by atoms with Gasteiger partial charge in [0.2, 0.25) is 5.91 Å². The number of carbonyl (C=O) groups excluding carboxylic acids is 1. The highest BCUT2D eigenvalue weighted by Crippen LogP contribution is 2.17. The molecular formula is C10H13NO. The number of amides is 1. The van der Waals surface area contributed by atoms with E-state index in [0.717, 1.165) is 12.8 Å². The molecule has 0 radical (unpaired) electrons. The van der Waals surface area contributed by atoms with Gasteiger partial charge in [0.05, 0.1) is 6.04 Å². The zero-order valence-electron chi connectivity index (χ0n) is 7.21. The van der Waals surface area contributed by atoms with Crippen molar-refractivity contribution in [1.29, 1.82) is 0 Å². The Labute approximate surface area is 73.0 Å². The summed E-state index contributed by atoms with van der Waals surface area (Å²) >= 11 is 0. The number of allylic oxidation sites excluding steroid dienone is 2. The maximum Gasteiger partial charge on any atom is 0.224 e. The molecule has 0 aromatic carbocycles. The molecule has 0 aromatic rings. The fraction of sp³-hybridized carbons (Fsp3) is 0.500. The Morgan fingerprint density at radius 2 is 2.25 bits per heavy atom. The summed E-state index contributed by atoms with van der Waals surface area (Å²) < 4.78 is 0. The van der Waals surface area contributed by atoms with Gasteiger partial charge in [0.1, 0.15) is 0 Å². The predicted molar refractivity (Wildman–Crippen MR) is 48.3 cm³/mol. The molecule has 0 heterocycles. The highest BCUT2D eigenvalue weighted by atomic mass is 16.1. The molecule has 1 unspecified atom stereocenters. The van der Waals surface area contributed by atoms with E-state index in [1.54, 1.807) is 6.92 Å². The van der Waals surface area contributed by atoms with Crippen molar-refractivity contribution in [3.63, 3.8) is 0 Å². The van der Waals surface area contributed by atoms with Gasteiger partial charge in [-0.25, -0.2) is 0 Å². The van der Waals surface area contributed by atoms with Crippen LogP contribution < -0.4 is 5.32 Å². The predicted octanol–water partition coefficient (Wildman–Crippen LogP) is 1.09. The van der Waals surface area contributed by atoms with Crippen LogP contribution in [0.15, 0.2) is 12.2 Å². The minimum Gasteiger partial charge on any atom is -0.342 e. The first-order valence-corrected chi connectivity index (χ1v) is 4.15. The first-order chi connectivity index (χ1) is 5.74. The van der Waals surface area contributed by atoms with Crippen LogP contribution in [0.5, 0.6) is 0 Å². The Hall–Kier alpha value is -1.23. The second kappa shape index (κ2) is 3.96. The first-order valence-electron chi connectivity index (χ1n) is 4.15. The third-order valence-electron chi connectivity index (χ3n) is 1.99. The number of hydrogen-bond acceptors (Lipinski definition) is 1. The molecule has 0 saturated heterocycles. The Morgan fingerprint density at radius 3 is 2.75 bits per heavy atom. The monoisotopic (exact) mass is 163 g/mol. The van der Waals surface area contributed by atoms with Crippen molar-refractivity contribution in [2.75, 3.05) is 0 Å². The fourth-order valence-electron chi connectivity index (χ4n) is 1.20. The second-order valence-corrected chi connectivity index (χ2v) is 3.04. The van der Waals surface area contributed by atoms with Crippen molar-refractivity contribution in [2.45, 2.75) is 25.8 Å². The van der Waals surface area contributed by atoms with Crippen molar-refractivity contribution in [3.05, 3.63) is 12.2 Å². The van der Waals surface area contributed by atoms with Crippen molar-refractivity contribution >= 4 is 5.91 Å². The van der Waals surface area contributed by atoms with E-state index in [9.17, 15) is 4.79 Å². The summed E-state index contributed by atoms with van der Waals surface area (Å²) in [6.45, 7) is 1.81. The number of terminal acetylenes is 1. The van der Waals surface area contributed by atoms with Crippen LogP contribution in [0.3, 0.4) is 0 Å². The van der Waals surface area contributed by atoms with Gasteiger partial charge in [0.25, 0.3) is 0 Å². The number of hydrogen-bond donors (Lipinski definition) is 1. The van der Waals surface area contributed by atoms with Gasteiger partial charge in [0.15, 0.2) is 0 Å². The molecule has 0 spiro atoms. The Balaban J connectivity index is 2.34. The summed E-state index contributed by atoms with van der Waals surface area (Å²) in [6, 6.07) is -0.155. The van der Waals surface area contributed by atoms with E-state index >= 15 is 0 Å². The molecule has 1 amide bonds. The Kier molecular flexibility index (Phi) is 2.93. The molecule has 0 aromatic heterocycles. The van der Waals surface area contributed by atoms with E-state index in [4.69, 9.17) is 6.42 Å². The summed E-state index contributed by atoms with van der Waals surface area (Å²) in [5.74, 6) is 2.65. The smallest absolute Gasteiger partial charge is 0.224 e. The van der Waals surface area contributed by atoms with Crippen LogP contribution in [0, 0.1) is 18.3 Å². The SMILES string of the molecule is C#CC(C)NC(=O)C1CC=CC1. The lowest BCUT2D eigenvalue weighted by Gasteiger charge is -2.12. The zero-order chi connectivity index (χ0) is 8.97. The molecule has 12 heavy (non-hydrogen) atoms. The molecule has 0 fully saturated rings. The number of carbonyl (C=O) groups is 1. The van der Waals surface area contributed by atoms with E-state index in [2.05, 4.69) is 11.2 Å². The number of rotatable bonds is 2. The third kappa shape index (κ3) is 2.13. The molecule has 1 aliphatic carbocycles. The summed E-state index contributed by atoms with van der Waals surface area (Å²) in [5, 5.41) is 2.76. The summed E-state index contributed by atoms with van der Waals surface area (Å²) in [6.07, 6.45) is 10.9. The normalized spacial score (nSPS) is 18.7. The minimum atomic E-state index is -0.155. The average molecular weight is 163 g/mol. The van der Waals surface area contributed by atoms with Crippen LogP contribution in [0.4, 0.5) is 0 Å². The zero-order valence-corrected chi connectivity index (χ0v) is 7.21. The molecule has 64 valence electrons. The van der Waals surface area contributed by atoms with Crippen LogP contribution in [-0.4, -0.2) is 11.9 Å². The maximum atomic E-state index is 11.4. The van der Waals surface area contributed by atoms with E-state index in [-0.39, 0.29) is 17.9 Å². The van der Waals surface area contributed by atoms with E-state index < -0.39 is 0 Å². The van der Waals surface area contributed by atoms with Crippen LogP contribution in [0.1, 0.15) is 19.8 Å². The summed E-state index contributed by atoms with van der Waals surface area (Å²) in [7, 11) is 0. The van der Waals surface area contributed by atoms with Gasteiger partial charge in [-0.15, -0.1) is 6.42 Å². The standard InChI is InChI=1S/C10H13NO/c1-3-8(2)11-10(12)9-6-4-5-7-9/h1,4-5,8-9H,6-7H2,2H3,(H,11,12). The van der Waals surface area contributed by atoms with Gasteiger partial charge in [-0.2, -0.15) is 0 Å². The molecule has 1 N–H and O–H groups in total. The lowest BCUT2D eigenvalue weighted by molar-refractivity contribution is -0.124. The topological polar surface area (TPSA) is 29.1 Å². The van der Waals surface area contributed by atoms with E-state index in [0.29, 0.717) is 0 Å². The largest absolute Gasteiger partial charge is 0.342 e. The summed E-state index contributed by atoms with van der Waals surface area (Å²) in [4.78, 5) is 11.4. The first kappa shape index (κ1) is 8.86. The Morgan fingerprint density at radius 1 is 1.67 bits per heavy atom. The number of nitrogens with one attached hydrogen (secondary N) is 1. The van der Waals surface area contributed by atoms with Gasteiger partial charge in [0, 0.05) is 5.92 Å². The molecule has 0 saturated carbocycles. The second-order valence-electron chi connectivity index (χ2n) is 3.04. The summed E-state index contributed by atoms with van der Waals surface area (Å²) in [5.41, 5.74) is 0. The van der Waals surface area contributed by atoms with Gasteiger partial charge in [-0.05, 0) is 19.8 Å². The molecule has 1 aliphatic rings. The molecular weight excluding hydrogens is 150 g/mol. The van der Waals surface area contributed by atoms with Crippen LogP contribution in [0.25, 0.3) is 0 Å². The van der Waals surface area contributed by atoms with E-state index in [1.807, 2.05) is 12.2 Å². The maximum absolute atomic E-state index is 11.4. The molecule has 1 rings (SSSR count). The van der Waals surface area contributed by atoms with Gasteiger partial charge in [-0.1, -0.05) is 18.1 Å². The third-order valence-corrected chi connectivity index (χ3v) is 1.99. The van der Waals surface area contributed by atoms with Crippen LogP contribution >= 0.6 is 0 Å². The molecule has 1 atom stereocenters. The molecule has 2 heteroatoms. The minimum absolute atomic E-state index is 0.0745. The highest BCUT2D eigenvalue weighted by Gasteiger charge is 2.19. The van der Waals surface area contributed by atoms with Crippen molar-refractivity contribution in [3.8, 4) is 12.3 Å². The van der Waals surface area contributed by atoms with Gasteiger partial charge < -0.3 is 5.32 Å². The molecule has 2 nitrogen and oxygen atoms in total. The lowest BCUT2D eigenvalue weighted by atomic mass is 10.1. The molecule has 0 bridgehead atoms. The van der Waals surface area contributed by atoms with E-state index in [1.165, 1.54) is 0 Å². The van der Waals surface area contributed by atoms with Crippen molar-refractivity contribution < 1.29 is 4.79 Å². The fourth-order valence-corrected chi connectivity index (χ4v) is 1.20. The quantitative estimate of drug-likeness (QED) is 0.479. The van der Waals surface area contributed by atoms with Crippen molar-refractivity contribution in [1.82, 2.24) is 5.32 Å². The van der Waals surface area contributed by atoms with Gasteiger partial charge in [-0.3, -0.25) is 4.79 Å². The Bertz CT molecular complexity index is 229. The lowest BCUT2D eigenvalue weighted by Crippen LogP contribution is -2.35. The van der Waals surface area contributed by atoms with Crippen LogP contribution in [-0.2, 0) is 4.79 Å².